The van der Waals surface area contributed by atoms with Gasteiger partial charge in [0.15, 0.2) is 0 Å². The average molecular weight is 307 g/mol. The van der Waals surface area contributed by atoms with E-state index in [1.807, 2.05) is 0 Å². The lowest BCUT2D eigenvalue weighted by atomic mass is 9.89. The summed E-state index contributed by atoms with van der Waals surface area (Å²) in [7, 11) is 0. The van der Waals surface area contributed by atoms with Crippen molar-refractivity contribution in [2.75, 3.05) is 26.2 Å². The molecule has 0 spiro atoms. The molecule has 5 aliphatic rings. The minimum absolute atomic E-state index is 1.14. The molecule has 4 saturated carbocycles. The fourth-order valence-corrected chi connectivity index (χ4v) is 5.34. The summed E-state index contributed by atoms with van der Waals surface area (Å²) in [5.74, 6) is 4.66. The molecule has 1 aliphatic heterocycles. The molecular weight excluding hydrogens is 268 g/mol. The lowest BCUT2D eigenvalue weighted by Crippen LogP contribution is -2.21. The molecule has 0 aromatic rings. The summed E-state index contributed by atoms with van der Waals surface area (Å²) in [6.07, 6.45) is 18.4. The van der Waals surface area contributed by atoms with E-state index in [0.717, 1.165) is 24.9 Å². The molecule has 2 nitrogen and oxygen atoms in total. The second-order valence-corrected chi connectivity index (χ2v) is 8.45. The van der Waals surface area contributed by atoms with E-state index in [9.17, 15) is 0 Å². The van der Waals surface area contributed by atoms with E-state index < -0.39 is 0 Å². The molecule has 128 valence electrons. The van der Waals surface area contributed by atoms with E-state index in [-0.39, 0.29) is 0 Å². The highest BCUT2D eigenvalue weighted by Crippen LogP contribution is 2.44. The lowest BCUT2D eigenvalue weighted by molar-refractivity contribution is 0.359. The van der Waals surface area contributed by atoms with Crippen LogP contribution in [0.3, 0.4) is 0 Å². The quantitative estimate of drug-likeness (QED) is 0.695. The zero-order valence-corrected chi connectivity index (χ0v) is 14.6. The van der Waals surface area contributed by atoms with Crippen LogP contribution in [0.4, 0.5) is 0 Å². The van der Waals surface area contributed by atoms with Gasteiger partial charge in [0.2, 0.25) is 0 Å². The molecule has 4 bridgehead atoms. The summed E-state index contributed by atoms with van der Waals surface area (Å²) >= 11 is 0. The molecule has 1 heterocycles. The van der Waals surface area contributed by atoms with E-state index >= 15 is 0 Å². The Morgan fingerprint density at radius 1 is 0.409 bits per heavy atom. The Kier molecular flexibility index (Phi) is 7.07. The van der Waals surface area contributed by atoms with Crippen molar-refractivity contribution in [3.05, 3.63) is 0 Å². The van der Waals surface area contributed by atoms with Crippen molar-refractivity contribution in [2.24, 2.45) is 23.7 Å². The Morgan fingerprint density at radius 2 is 0.818 bits per heavy atom. The van der Waals surface area contributed by atoms with Gasteiger partial charge in [-0.1, -0.05) is 57.8 Å². The zero-order valence-electron chi connectivity index (χ0n) is 14.6. The number of fused-ring (bicyclic) bond motifs is 4. The molecule has 1 saturated heterocycles. The number of nitrogens with one attached hydrogen (secondary N) is 2. The molecule has 0 aromatic carbocycles. The second-order valence-electron chi connectivity index (χ2n) is 8.45. The average Bonchev–Trinajstić information content (AvgIpc) is 3.21. The first kappa shape index (κ1) is 16.8. The fourth-order valence-electron chi connectivity index (χ4n) is 5.34. The maximum Gasteiger partial charge on any atom is 0.00767 e. The van der Waals surface area contributed by atoms with Gasteiger partial charge >= 0.3 is 0 Å². The predicted molar refractivity (Wildman–Crippen MR) is 95.1 cm³/mol. The van der Waals surface area contributed by atoms with E-state index in [1.165, 1.54) is 37.8 Å². The molecular formula is C20H38N2. The predicted octanol–water partition coefficient (Wildman–Crippen LogP) is 4.35. The SMILES string of the molecule is C1CC2CCC(C1)C2.C1CC2CCC1C2.C1CNCCNC1. The molecule has 2 unspecified atom stereocenters. The highest BCUT2D eigenvalue weighted by molar-refractivity contribution is 4.82. The van der Waals surface area contributed by atoms with Crippen LogP contribution >= 0.6 is 0 Å². The molecule has 4 aliphatic carbocycles. The first-order valence-corrected chi connectivity index (χ1v) is 10.3. The van der Waals surface area contributed by atoms with Gasteiger partial charge in [0.25, 0.3) is 0 Å². The number of hydrogen-bond donors (Lipinski definition) is 2. The maximum absolute atomic E-state index is 3.28. The first-order chi connectivity index (χ1) is 10.9. The maximum atomic E-state index is 3.28. The van der Waals surface area contributed by atoms with E-state index in [4.69, 9.17) is 0 Å². The number of hydrogen-bond acceptors (Lipinski definition) is 2. The van der Waals surface area contributed by atoms with Gasteiger partial charge < -0.3 is 10.6 Å². The molecule has 2 N–H and O–H groups in total. The van der Waals surface area contributed by atoms with E-state index in [2.05, 4.69) is 10.6 Å². The third kappa shape index (κ3) is 5.53. The van der Waals surface area contributed by atoms with Crippen molar-refractivity contribution in [3.63, 3.8) is 0 Å². The normalized spacial score (nSPS) is 39.3. The molecule has 0 radical (unpaired) electrons. The van der Waals surface area contributed by atoms with Gasteiger partial charge in [-0.05, 0) is 56.0 Å². The van der Waals surface area contributed by atoms with Crippen molar-refractivity contribution < 1.29 is 0 Å². The lowest BCUT2D eigenvalue weighted by Gasteiger charge is -2.16. The minimum atomic E-state index is 1.14. The summed E-state index contributed by atoms with van der Waals surface area (Å²) < 4.78 is 0. The van der Waals surface area contributed by atoms with Gasteiger partial charge in [0, 0.05) is 13.1 Å². The second kappa shape index (κ2) is 9.27. The molecule has 2 heteroatoms. The summed E-state index contributed by atoms with van der Waals surface area (Å²) in [5, 5.41) is 6.57. The van der Waals surface area contributed by atoms with Gasteiger partial charge in [-0.25, -0.2) is 0 Å². The molecule has 5 fully saturated rings. The Morgan fingerprint density at radius 3 is 1.18 bits per heavy atom. The van der Waals surface area contributed by atoms with Crippen LogP contribution in [0.15, 0.2) is 0 Å². The summed E-state index contributed by atoms with van der Waals surface area (Å²) in [5.41, 5.74) is 0. The van der Waals surface area contributed by atoms with Crippen molar-refractivity contribution in [1.29, 1.82) is 0 Å². The van der Waals surface area contributed by atoms with Crippen LogP contribution in [0.1, 0.15) is 77.0 Å². The smallest absolute Gasteiger partial charge is 0.00767 e. The number of rotatable bonds is 0. The van der Waals surface area contributed by atoms with Crippen LogP contribution in [-0.2, 0) is 0 Å². The molecule has 0 aromatic heterocycles. The molecule has 5 rings (SSSR count). The highest BCUT2D eigenvalue weighted by Gasteiger charge is 2.30. The third-order valence-corrected chi connectivity index (χ3v) is 6.69. The van der Waals surface area contributed by atoms with Gasteiger partial charge in [0.05, 0.1) is 0 Å². The molecule has 22 heavy (non-hydrogen) atoms. The van der Waals surface area contributed by atoms with Crippen LogP contribution in [-0.4, -0.2) is 26.2 Å². The Bertz CT molecular complexity index is 252. The summed E-state index contributed by atoms with van der Waals surface area (Å²) in [4.78, 5) is 0. The van der Waals surface area contributed by atoms with Crippen molar-refractivity contribution in [3.8, 4) is 0 Å². The van der Waals surface area contributed by atoms with Crippen LogP contribution < -0.4 is 10.6 Å². The zero-order chi connectivity index (χ0) is 15.0. The third-order valence-electron chi connectivity index (χ3n) is 6.69. The molecule has 0 amide bonds. The van der Waals surface area contributed by atoms with E-state index in [1.54, 1.807) is 64.2 Å². The van der Waals surface area contributed by atoms with Gasteiger partial charge in [-0.15, -0.1) is 0 Å². The largest absolute Gasteiger partial charge is 0.315 e. The van der Waals surface area contributed by atoms with Crippen LogP contribution in [0.25, 0.3) is 0 Å². The van der Waals surface area contributed by atoms with Gasteiger partial charge in [0.1, 0.15) is 0 Å². The Balaban J connectivity index is 0.0000000986. The summed E-state index contributed by atoms with van der Waals surface area (Å²) in [6.45, 7) is 4.65. The van der Waals surface area contributed by atoms with E-state index in [0.29, 0.717) is 0 Å². The first-order valence-electron chi connectivity index (χ1n) is 10.3. The Hall–Kier alpha value is -0.0800. The minimum Gasteiger partial charge on any atom is -0.315 e. The van der Waals surface area contributed by atoms with Gasteiger partial charge in [-0.2, -0.15) is 0 Å². The van der Waals surface area contributed by atoms with Crippen molar-refractivity contribution in [2.45, 2.75) is 77.0 Å². The standard InChI is InChI=1S/C8H14.C7H12.C5H12N2/c1-2-7-4-5-8(3-1)6-7;1-2-7-4-3-6(1)5-7;1-2-6-4-5-7-3-1/h7-8H,1-6H2;2*6-7H,1-5H2. The van der Waals surface area contributed by atoms with Crippen molar-refractivity contribution >= 4 is 0 Å². The topological polar surface area (TPSA) is 24.1 Å². The Labute approximate surface area is 138 Å². The monoisotopic (exact) mass is 306 g/mol. The fraction of sp³-hybridized carbons (Fsp3) is 1.00. The summed E-state index contributed by atoms with van der Waals surface area (Å²) in [6, 6.07) is 0. The van der Waals surface area contributed by atoms with Crippen LogP contribution in [0.2, 0.25) is 0 Å². The molecule has 2 atom stereocenters. The van der Waals surface area contributed by atoms with Gasteiger partial charge in [-0.3, -0.25) is 0 Å². The van der Waals surface area contributed by atoms with Crippen LogP contribution in [0, 0.1) is 23.7 Å². The van der Waals surface area contributed by atoms with Crippen molar-refractivity contribution in [1.82, 2.24) is 10.6 Å². The van der Waals surface area contributed by atoms with Crippen LogP contribution in [0.5, 0.6) is 0 Å². The highest BCUT2D eigenvalue weighted by atomic mass is 15.0.